The van der Waals surface area contributed by atoms with Crippen molar-refractivity contribution in [1.29, 1.82) is 0 Å². The van der Waals surface area contributed by atoms with E-state index in [2.05, 4.69) is 27.3 Å². The van der Waals surface area contributed by atoms with Crippen LogP contribution in [-0.2, 0) is 10.0 Å². The van der Waals surface area contributed by atoms with Crippen molar-refractivity contribution in [2.75, 3.05) is 4.72 Å². The highest BCUT2D eigenvalue weighted by Gasteiger charge is 2.15. The molecule has 0 aromatic heterocycles. The molecule has 0 radical (unpaired) electrons. The van der Waals surface area contributed by atoms with E-state index in [4.69, 9.17) is 16.7 Å². The van der Waals surface area contributed by atoms with Crippen molar-refractivity contribution in [1.82, 2.24) is 0 Å². The number of anilines is 1. The summed E-state index contributed by atoms with van der Waals surface area (Å²) < 4.78 is 27.5. The predicted molar refractivity (Wildman–Crippen MR) is 83.1 cm³/mol. The van der Waals surface area contributed by atoms with Gasteiger partial charge in [0.1, 0.15) is 5.75 Å². The molecule has 19 heavy (non-hydrogen) atoms. The normalized spacial score (nSPS) is 11.3. The van der Waals surface area contributed by atoms with Crippen LogP contribution in [0.1, 0.15) is 0 Å². The summed E-state index contributed by atoms with van der Waals surface area (Å²) in [4.78, 5) is 0.0555. The third-order valence-electron chi connectivity index (χ3n) is 2.32. The molecule has 7 heteroatoms. The van der Waals surface area contributed by atoms with Gasteiger partial charge < -0.3 is 5.11 Å². The van der Waals surface area contributed by atoms with Crippen molar-refractivity contribution in [3.63, 3.8) is 0 Å². The topological polar surface area (TPSA) is 66.4 Å². The maximum atomic E-state index is 12.1. The molecule has 100 valence electrons. The molecule has 4 nitrogen and oxygen atoms in total. The summed E-state index contributed by atoms with van der Waals surface area (Å²) in [6, 6.07) is 10.3. The first-order chi connectivity index (χ1) is 8.88. The van der Waals surface area contributed by atoms with Gasteiger partial charge in [0.05, 0.1) is 15.6 Å². The van der Waals surface area contributed by atoms with Crippen LogP contribution in [0, 0.1) is 3.57 Å². The van der Waals surface area contributed by atoms with Crippen LogP contribution in [0.4, 0.5) is 5.69 Å². The minimum atomic E-state index is -3.71. The lowest BCUT2D eigenvalue weighted by atomic mass is 10.3. The van der Waals surface area contributed by atoms with Gasteiger partial charge in [-0.15, -0.1) is 0 Å². The Morgan fingerprint density at radius 3 is 2.32 bits per heavy atom. The molecular weight excluding hydrogens is 401 g/mol. The van der Waals surface area contributed by atoms with E-state index in [0.29, 0.717) is 10.7 Å². The first kappa shape index (κ1) is 14.4. The smallest absolute Gasteiger partial charge is 0.261 e. The van der Waals surface area contributed by atoms with E-state index < -0.39 is 10.0 Å². The van der Waals surface area contributed by atoms with Crippen LogP contribution in [0.5, 0.6) is 5.75 Å². The van der Waals surface area contributed by atoms with Crippen molar-refractivity contribution in [2.24, 2.45) is 0 Å². The molecule has 0 saturated heterocycles. The molecule has 0 spiro atoms. The fraction of sp³-hybridized carbons (Fsp3) is 0. The number of sulfonamides is 1. The van der Waals surface area contributed by atoms with Crippen molar-refractivity contribution in [2.45, 2.75) is 4.90 Å². The average Bonchev–Trinajstić information content (AvgIpc) is 2.33. The van der Waals surface area contributed by atoms with Gasteiger partial charge in [0.15, 0.2) is 0 Å². The van der Waals surface area contributed by atoms with Gasteiger partial charge in [-0.25, -0.2) is 8.42 Å². The molecule has 0 amide bonds. The molecule has 2 rings (SSSR count). The standard InChI is InChI=1S/C12H9ClINO3S/c13-11-7-8(14)1-6-12(11)15-19(17,18)10-4-2-9(16)3-5-10/h1-7,15-16H. The van der Waals surface area contributed by atoms with Crippen LogP contribution in [0.15, 0.2) is 47.4 Å². The van der Waals surface area contributed by atoms with Crippen LogP contribution in [-0.4, -0.2) is 13.5 Å². The number of rotatable bonds is 3. The number of hydrogen-bond donors (Lipinski definition) is 2. The Morgan fingerprint density at radius 2 is 1.74 bits per heavy atom. The third-order valence-corrected chi connectivity index (χ3v) is 4.69. The van der Waals surface area contributed by atoms with E-state index in [-0.39, 0.29) is 10.6 Å². The number of phenols is 1. The number of halogens is 2. The van der Waals surface area contributed by atoms with E-state index in [1.54, 1.807) is 18.2 Å². The van der Waals surface area contributed by atoms with Crippen LogP contribution >= 0.6 is 34.2 Å². The zero-order chi connectivity index (χ0) is 14.0. The summed E-state index contributed by atoms with van der Waals surface area (Å²) >= 11 is 8.06. The molecule has 0 atom stereocenters. The van der Waals surface area contributed by atoms with Gasteiger partial charge in [0.25, 0.3) is 10.0 Å². The molecule has 2 N–H and O–H groups in total. The predicted octanol–water partition coefficient (Wildman–Crippen LogP) is 3.45. The summed E-state index contributed by atoms with van der Waals surface area (Å²) in [5, 5.41) is 9.48. The maximum Gasteiger partial charge on any atom is 0.261 e. The number of nitrogens with one attached hydrogen (secondary N) is 1. The highest BCUT2D eigenvalue weighted by molar-refractivity contribution is 14.1. The van der Waals surface area contributed by atoms with Gasteiger partial charge in [0.2, 0.25) is 0 Å². The van der Waals surface area contributed by atoms with Crippen molar-refractivity contribution in [3.8, 4) is 5.75 Å². The molecule has 2 aromatic rings. The average molecular weight is 410 g/mol. The lowest BCUT2D eigenvalue weighted by Crippen LogP contribution is -2.13. The molecule has 0 aliphatic heterocycles. The molecule has 0 bridgehead atoms. The maximum absolute atomic E-state index is 12.1. The van der Waals surface area contributed by atoms with Crippen molar-refractivity contribution < 1.29 is 13.5 Å². The van der Waals surface area contributed by atoms with E-state index in [1.807, 2.05) is 0 Å². The monoisotopic (exact) mass is 409 g/mol. The zero-order valence-corrected chi connectivity index (χ0v) is 13.2. The molecule has 0 aliphatic carbocycles. The first-order valence-electron chi connectivity index (χ1n) is 5.15. The minimum Gasteiger partial charge on any atom is -0.508 e. The highest BCUT2D eigenvalue weighted by atomic mass is 127. The van der Waals surface area contributed by atoms with Gasteiger partial charge >= 0.3 is 0 Å². The Labute approximate surface area is 129 Å². The summed E-state index contributed by atoms with van der Waals surface area (Å²) in [6.07, 6.45) is 0. The largest absolute Gasteiger partial charge is 0.508 e. The lowest BCUT2D eigenvalue weighted by molar-refractivity contribution is 0.475. The van der Waals surface area contributed by atoms with Crippen LogP contribution in [0.25, 0.3) is 0 Å². The molecule has 2 aromatic carbocycles. The second-order valence-electron chi connectivity index (χ2n) is 3.72. The Bertz CT molecular complexity index is 701. The summed E-state index contributed by atoms with van der Waals surface area (Å²) in [7, 11) is -3.71. The number of phenolic OH excluding ortho intramolecular Hbond substituents is 1. The zero-order valence-electron chi connectivity index (χ0n) is 9.47. The quantitative estimate of drug-likeness (QED) is 0.763. The first-order valence-corrected chi connectivity index (χ1v) is 8.09. The summed E-state index contributed by atoms with van der Waals surface area (Å²) in [6.45, 7) is 0. The molecule has 0 saturated carbocycles. The fourth-order valence-corrected chi connectivity index (χ4v) is 3.44. The fourth-order valence-electron chi connectivity index (χ4n) is 1.40. The van der Waals surface area contributed by atoms with Crippen LogP contribution < -0.4 is 4.72 Å². The van der Waals surface area contributed by atoms with Crippen molar-refractivity contribution >= 4 is 49.9 Å². The summed E-state index contributed by atoms with van der Waals surface area (Å²) in [5.41, 5.74) is 0.315. The Hall–Kier alpha value is -0.990. The van der Waals surface area contributed by atoms with E-state index in [0.717, 1.165) is 3.57 Å². The molecule has 0 heterocycles. The van der Waals surface area contributed by atoms with Gasteiger partial charge in [-0.2, -0.15) is 0 Å². The molecule has 0 aliphatic rings. The number of hydrogen-bond acceptors (Lipinski definition) is 3. The van der Waals surface area contributed by atoms with E-state index >= 15 is 0 Å². The number of aromatic hydroxyl groups is 1. The van der Waals surface area contributed by atoms with Crippen LogP contribution in [0.3, 0.4) is 0 Å². The molecular formula is C12H9ClINO3S. The van der Waals surface area contributed by atoms with Gasteiger partial charge in [0, 0.05) is 3.57 Å². The Morgan fingerprint density at radius 1 is 1.11 bits per heavy atom. The highest BCUT2D eigenvalue weighted by Crippen LogP contribution is 2.26. The molecule has 0 fully saturated rings. The third kappa shape index (κ3) is 3.52. The summed E-state index contributed by atoms with van der Waals surface area (Å²) in [5.74, 6) is 0.00578. The Balaban J connectivity index is 2.33. The SMILES string of the molecule is O=S(=O)(Nc1ccc(I)cc1Cl)c1ccc(O)cc1. The van der Waals surface area contributed by atoms with Gasteiger partial charge in [-0.3, -0.25) is 4.72 Å². The Kier molecular flexibility index (Phi) is 4.22. The van der Waals surface area contributed by atoms with Gasteiger partial charge in [-0.05, 0) is 65.1 Å². The van der Waals surface area contributed by atoms with E-state index in [9.17, 15) is 8.42 Å². The number of benzene rings is 2. The van der Waals surface area contributed by atoms with Gasteiger partial charge in [-0.1, -0.05) is 11.6 Å². The molecule has 0 unspecified atom stereocenters. The van der Waals surface area contributed by atoms with Crippen LogP contribution in [0.2, 0.25) is 5.02 Å². The second-order valence-corrected chi connectivity index (χ2v) is 7.06. The lowest BCUT2D eigenvalue weighted by Gasteiger charge is -2.09. The minimum absolute atomic E-state index is 0.00578. The van der Waals surface area contributed by atoms with E-state index in [1.165, 1.54) is 24.3 Å². The van der Waals surface area contributed by atoms with Crippen molar-refractivity contribution in [3.05, 3.63) is 51.1 Å². The second kappa shape index (κ2) is 5.56.